The van der Waals surface area contributed by atoms with Crippen LogP contribution in [0, 0.1) is 19.8 Å². The van der Waals surface area contributed by atoms with Gasteiger partial charge < -0.3 is 20.1 Å². The maximum absolute atomic E-state index is 6.12. The lowest BCUT2D eigenvalue weighted by atomic mass is 10.1. The highest BCUT2D eigenvalue weighted by Gasteiger charge is 2.17. The molecule has 0 radical (unpaired) electrons. The van der Waals surface area contributed by atoms with Gasteiger partial charge in [-0.25, -0.2) is 4.98 Å². The number of thiazole rings is 1. The average molecular weight is 389 g/mol. The van der Waals surface area contributed by atoms with Gasteiger partial charge in [0.15, 0.2) is 5.96 Å². The summed E-state index contributed by atoms with van der Waals surface area (Å²) in [6.45, 7) is 7.82. The normalized spacial score (nSPS) is 17.1. The third kappa shape index (κ3) is 5.68. The Morgan fingerprint density at radius 1 is 1.33 bits per heavy atom. The van der Waals surface area contributed by atoms with E-state index >= 15 is 0 Å². The minimum Gasteiger partial charge on any atom is -0.493 e. The van der Waals surface area contributed by atoms with E-state index in [0.717, 1.165) is 49.1 Å². The van der Waals surface area contributed by atoms with Crippen LogP contribution < -0.4 is 15.4 Å². The van der Waals surface area contributed by atoms with Crippen molar-refractivity contribution in [3.05, 3.63) is 45.4 Å². The van der Waals surface area contributed by atoms with Crippen LogP contribution in [-0.2, 0) is 17.8 Å². The van der Waals surface area contributed by atoms with Crippen LogP contribution in [0.3, 0.4) is 0 Å². The van der Waals surface area contributed by atoms with Crippen LogP contribution in [0.1, 0.15) is 28.1 Å². The van der Waals surface area contributed by atoms with Crippen LogP contribution in [0.15, 0.2) is 28.7 Å². The van der Waals surface area contributed by atoms with E-state index in [1.165, 1.54) is 10.4 Å². The average Bonchev–Trinajstić information content (AvgIpc) is 3.33. The molecule has 7 heteroatoms. The zero-order valence-electron chi connectivity index (χ0n) is 16.2. The highest BCUT2D eigenvalue weighted by molar-refractivity contribution is 7.09. The number of hydrogen-bond donors (Lipinski definition) is 2. The van der Waals surface area contributed by atoms with E-state index in [1.807, 2.05) is 12.4 Å². The van der Waals surface area contributed by atoms with Gasteiger partial charge in [0.25, 0.3) is 0 Å². The van der Waals surface area contributed by atoms with Crippen LogP contribution >= 0.6 is 11.3 Å². The summed E-state index contributed by atoms with van der Waals surface area (Å²) >= 11 is 1.65. The first-order valence-electron chi connectivity index (χ1n) is 9.29. The van der Waals surface area contributed by atoms with Crippen LogP contribution in [0.5, 0.6) is 5.75 Å². The Balaban J connectivity index is 1.56. The minimum atomic E-state index is 0.489. The van der Waals surface area contributed by atoms with Gasteiger partial charge in [0.1, 0.15) is 5.75 Å². The van der Waals surface area contributed by atoms with Gasteiger partial charge in [0.2, 0.25) is 0 Å². The molecule has 1 aliphatic rings. The van der Waals surface area contributed by atoms with E-state index in [0.29, 0.717) is 19.1 Å². The first-order valence-corrected chi connectivity index (χ1v) is 10.2. The second kappa shape index (κ2) is 9.71. The van der Waals surface area contributed by atoms with Gasteiger partial charge in [-0.1, -0.05) is 12.1 Å². The van der Waals surface area contributed by atoms with Gasteiger partial charge in [-0.05, 0) is 31.9 Å². The Bertz CT molecular complexity index is 769. The van der Waals surface area contributed by atoms with Crippen molar-refractivity contribution < 1.29 is 9.47 Å². The molecule has 3 rings (SSSR count). The SMILES string of the molecule is CN=C(NCc1ccc(C)cc1OCC1CCOC1)NCc1scnc1C. The maximum atomic E-state index is 6.12. The quantitative estimate of drug-likeness (QED) is 0.564. The zero-order valence-corrected chi connectivity index (χ0v) is 17.1. The summed E-state index contributed by atoms with van der Waals surface area (Å²) in [4.78, 5) is 9.81. The molecule has 0 bridgehead atoms. The second-order valence-corrected chi connectivity index (χ2v) is 7.73. The van der Waals surface area contributed by atoms with Gasteiger partial charge in [-0.15, -0.1) is 11.3 Å². The summed E-state index contributed by atoms with van der Waals surface area (Å²) in [6.07, 6.45) is 1.08. The van der Waals surface area contributed by atoms with Gasteiger partial charge in [-0.2, -0.15) is 0 Å². The molecule has 0 amide bonds. The third-order valence-corrected chi connectivity index (χ3v) is 5.59. The standard InChI is InChI=1S/C20H28N4O2S/c1-14-4-5-17(18(8-14)26-12-16-6-7-25-11-16)9-22-20(21-3)23-10-19-15(2)24-13-27-19/h4-5,8,13,16H,6-7,9-12H2,1-3H3,(H2,21,22,23). The van der Waals surface area contributed by atoms with Crippen LogP contribution in [0.4, 0.5) is 0 Å². The molecule has 6 nitrogen and oxygen atoms in total. The second-order valence-electron chi connectivity index (χ2n) is 6.79. The van der Waals surface area contributed by atoms with E-state index in [1.54, 1.807) is 18.4 Å². The van der Waals surface area contributed by atoms with Gasteiger partial charge >= 0.3 is 0 Å². The zero-order chi connectivity index (χ0) is 19.1. The Kier molecular flexibility index (Phi) is 7.06. The summed E-state index contributed by atoms with van der Waals surface area (Å²) in [7, 11) is 1.78. The van der Waals surface area contributed by atoms with E-state index in [9.17, 15) is 0 Å². The lowest BCUT2D eigenvalue weighted by Crippen LogP contribution is -2.36. The number of nitrogens with zero attached hydrogens (tertiary/aromatic N) is 2. The molecule has 0 spiro atoms. The van der Waals surface area contributed by atoms with Gasteiger partial charge in [0.05, 0.1) is 31.0 Å². The first kappa shape index (κ1) is 19.6. The molecule has 1 saturated heterocycles. The van der Waals surface area contributed by atoms with Gasteiger partial charge in [-0.3, -0.25) is 4.99 Å². The summed E-state index contributed by atoms with van der Waals surface area (Å²) in [6, 6.07) is 6.33. The monoisotopic (exact) mass is 388 g/mol. The summed E-state index contributed by atoms with van der Waals surface area (Å²) in [5.41, 5.74) is 5.25. The van der Waals surface area contributed by atoms with E-state index in [4.69, 9.17) is 9.47 Å². The molecule has 2 aromatic rings. The summed E-state index contributed by atoms with van der Waals surface area (Å²) < 4.78 is 11.6. The van der Waals surface area contributed by atoms with Crippen molar-refractivity contribution in [3.63, 3.8) is 0 Å². The topological polar surface area (TPSA) is 67.8 Å². The Morgan fingerprint density at radius 3 is 2.89 bits per heavy atom. The third-order valence-electron chi connectivity index (χ3n) is 4.65. The number of nitrogens with one attached hydrogen (secondary N) is 2. The maximum Gasteiger partial charge on any atom is 0.191 e. The van der Waals surface area contributed by atoms with Crippen LogP contribution in [-0.4, -0.2) is 37.8 Å². The Morgan fingerprint density at radius 2 is 2.19 bits per heavy atom. The smallest absolute Gasteiger partial charge is 0.191 e. The largest absolute Gasteiger partial charge is 0.493 e. The van der Waals surface area contributed by atoms with Crippen molar-refractivity contribution >= 4 is 17.3 Å². The summed E-state index contributed by atoms with van der Waals surface area (Å²) in [5, 5.41) is 6.72. The molecule has 1 aromatic carbocycles. The van der Waals surface area contributed by atoms with Crippen LogP contribution in [0.25, 0.3) is 0 Å². The molecule has 2 heterocycles. The number of aromatic nitrogens is 1. The molecule has 1 atom stereocenters. The van der Waals surface area contributed by atoms with E-state index < -0.39 is 0 Å². The molecular weight excluding hydrogens is 360 g/mol. The molecule has 0 aliphatic carbocycles. The molecular formula is C20H28N4O2S. The van der Waals surface area contributed by atoms with Crippen LogP contribution in [0.2, 0.25) is 0 Å². The van der Waals surface area contributed by atoms with Crippen molar-refractivity contribution in [2.24, 2.45) is 10.9 Å². The molecule has 0 saturated carbocycles. The number of hydrogen-bond acceptors (Lipinski definition) is 5. The molecule has 27 heavy (non-hydrogen) atoms. The number of aliphatic imine (C=N–C) groups is 1. The number of benzene rings is 1. The fraction of sp³-hybridized carbons (Fsp3) is 0.500. The van der Waals surface area contributed by atoms with Crippen molar-refractivity contribution in [2.45, 2.75) is 33.4 Å². The predicted molar refractivity (Wildman–Crippen MR) is 109 cm³/mol. The van der Waals surface area contributed by atoms with Crippen molar-refractivity contribution in [2.75, 3.05) is 26.9 Å². The highest BCUT2D eigenvalue weighted by Crippen LogP contribution is 2.22. The number of rotatable bonds is 7. The number of ether oxygens (including phenoxy) is 2. The molecule has 1 fully saturated rings. The molecule has 1 aromatic heterocycles. The van der Waals surface area contributed by atoms with Gasteiger partial charge in [0, 0.05) is 36.6 Å². The molecule has 1 aliphatic heterocycles. The Labute approximate surface area is 165 Å². The number of guanidine groups is 1. The lowest BCUT2D eigenvalue weighted by Gasteiger charge is -2.17. The van der Waals surface area contributed by atoms with E-state index in [2.05, 4.69) is 45.7 Å². The minimum absolute atomic E-state index is 0.489. The predicted octanol–water partition coefficient (Wildman–Crippen LogP) is 3.04. The fourth-order valence-electron chi connectivity index (χ4n) is 2.92. The lowest BCUT2D eigenvalue weighted by molar-refractivity contribution is 0.166. The summed E-state index contributed by atoms with van der Waals surface area (Å²) in [5.74, 6) is 2.19. The highest BCUT2D eigenvalue weighted by atomic mass is 32.1. The molecule has 1 unspecified atom stereocenters. The van der Waals surface area contributed by atoms with Crippen molar-refractivity contribution in [1.82, 2.24) is 15.6 Å². The number of aryl methyl sites for hydroxylation is 2. The van der Waals surface area contributed by atoms with Crippen molar-refractivity contribution in [1.29, 1.82) is 0 Å². The fourth-order valence-corrected chi connectivity index (χ4v) is 3.64. The van der Waals surface area contributed by atoms with E-state index in [-0.39, 0.29) is 0 Å². The molecule has 146 valence electrons. The van der Waals surface area contributed by atoms with Crippen molar-refractivity contribution in [3.8, 4) is 5.75 Å². The Hall–Kier alpha value is -2.12. The molecule has 2 N–H and O–H groups in total. The first-order chi connectivity index (χ1) is 13.2.